The monoisotopic (exact) mass is 338 g/mol. The Morgan fingerprint density at radius 2 is 1.64 bits per heavy atom. The molecule has 2 aromatic carbocycles. The third kappa shape index (κ3) is 4.69. The molecular weight excluding hydrogens is 308 g/mol. The molecule has 1 atom stereocenters. The number of nitrogens with zero attached hydrogens (tertiary/aromatic N) is 2. The molecule has 1 saturated heterocycles. The van der Waals surface area contributed by atoms with Gasteiger partial charge in [0.2, 0.25) is 0 Å². The van der Waals surface area contributed by atoms with Gasteiger partial charge in [0.1, 0.15) is 0 Å². The Labute approximate surface area is 151 Å². The number of rotatable bonds is 6. The predicted molar refractivity (Wildman–Crippen MR) is 104 cm³/mol. The summed E-state index contributed by atoms with van der Waals surface area (Å²) in [5.41, 5.74) is 3.90. The van der Waals surface area contributed by atoms with E-state index in [1.54, 1.807) is 0 Å². The summed E-state index contributed by atoms with van der Waals surface area (Å²) in [6.45, 7) is 8.99. The van der Waals surface area contributed by atoms with Gasteiger partial charge in [0.05, 0.1) is 0 Å². The number of hydrogen-bond acceptors (Lipinski definition) is 3. The number of aliphatic hydroxyl groups is 1. The zero-order chi connectivity index (χ0) is 17.6. The first kappa shape index (κ1) is 18.1. The molecule has 3 heteroatoms. The van der Waals surface area contributed by atoms with Crippen LogP contribution in [0.1, 0.15) is 25.8 Å². The molecule has 2 aromatic rings. The lowest BCUT2D eigenvalue weighted by molar-refractivity contribution is 0.0349. The normalized spacial score (nSPS) is 19.4. The molecule has 0 amide bonds. The highest BCUT2D eigenvalue weighted by atomic mass is 16.3. The standard InChI is InChI=1S/C22H30N2O/c1-18(2)24-14-13-23(17-22(24)12-15-25)16-19-8-10-21(11-9-19)20-6-4-3-5-7-20/h3-11,18,22,25H,12-17H2,1-2H3/t22-/m0/s1. The van der Waals surface area contributed by atoms with Crippen molar-refractivity contribution >= 4 is 0 Å². The van der Waals surface area contributed by atoms with E-state index >= 15 is 0 Å². The second kappa shape index (κ2) is 8.61. The summed E-state index contributed by atoms with van der Waals surface area (Å²) < 4.78 is 0. The topological polar surface area (TPSA) is 26.7 Å². The van der Waals surface area contributed by atoms with Crippen LogP contribution >= 0.6 is 0 Å². The number of hydrogen-bond donors (Lipinski definition) is 1. The summed E-state index contributed by atoms with van der Waals surface area (Å²) in [4.78, 5) is 5.06. The minimum absolute atomic E-state index is 0.271. The van der Waals surface area contributed by atoms with E-state index in [0.717, 1.165) is 32.6 Å². The van der Waals surface area contributed by atoms with Crippen LogP contribution in [0.4, 0.5) is 0 Å². The van der Waals surface area contributed by atoms with Crippen molar-refractivity contribution in [1.82, 2.24) is 9.80 Å². The number of piperazine rings is 1. The Morgan fingerprint density at radius 1 is 0.960 bits per heavy atom. The predicted octanol–water partition coefficient (Wildman–Crippen LogP) is 3.63. The summed E-state index contributed by atoms with van der Waals surface area (Å²) >= 11 is 0. The Bertz CT molecular complexity index is 639. The molecule has 25 heavy (non-hydrogen) atoms. The summed E-state index contributed by atoms with van der Waals surface area (Å²) in [5.74, 6) is 0. The molecule has 0 saturated carbocycles. The van der Waals surface area contributed by atoms with E-state index in [-0.39, 0.29) is 6.61 Å². The van der Waals surface area contributed by atoms with Crippen LogP contribution in [0.5, 0.6) is 0 Å². The van der Waals surface area contributed by atoms with Gasteiger partial charge in [-0.1, -0.05) is 54.6 Å². The van der Waals surface area contributed by atoms with Crippen molar-refractivity contribution in [2.24, 2.45) is 0 Å². The van der Waals surface area contributed by atoms with Crippen LogP contribution in [0.3, 0.4) is 0 Å². The highest BCUT2D eigenvalue weighted by Crippen LogP contribution is 2.21. The van der Waals surface area contributed by atoms with Crippen molar-refractivity contribution in [2.75, 3.05) is 26.2 Å². The molecule has 3 nitrogen and oxygen atoms in total. The fourth-order valence-corrected chi connectivity index (χ4v) is 3.85. The lowest BCUT2D eigenvalue weighted by Crippen LogP contribution is -2.55. The highest BCUT2D eigenvalue weighted by Gasteiger charge is 2.28. The molecule has 0 unspecified atom stereocenters. The van der Waals surface area contributed by atoms with Gasteiger partial charge < -0.3 is 5.11 Å². The van der Waals surface area contributed by atoms with Gasteiger partial charge in [0.15, 0.2) is 0 Å². The van der Waals surface area contributed by atoms with E-state index in [1.165, 1.54) is 16.7 Å². The van der Waals surface area contributed by atoms with E-state index in [0.29, 0.717) is 12.1 Å². The van der Waals surface area contributed by atoms with E-state index in [2.05, 4.69) is 78.2 Å². The minimum atomic E-state index is 0.271. The average molecular weight is 338 g/mol. The van der Waals surface area contributed by atoms with Crippen LogP contribution < -0.4 is 0 Å². The largest absolute Gasteiger partial charge is 0.396 e. The average Bonchev–Trinajstić information content (AvgIpc) is 2.63. The van der Waals surface area contributed by atoms with E-state index < -0.39 is 0 Å². The Morgan fingerprint density at radius 3 is 2.28 bits per heavy atom. The number of benzene rings is 2. The van der Waals surface area contributed by atoms with Crippen molar-refractivity contribution in [2.45, 2.75) is 38.9 Å². The lowest BCUT2D eigenvalue weighted by atomic mass is 10.0. The summed E-state index contributed by atoms with van der Waals surface area (Å²) in [6, 6.07) is 20.5. The van der Waals surface area contributed by atoms with Gasteiger partial charge in [-0.3, -0.25) is 9.80 Å². The van der Waals surface area contributed by atoms with Crippen molar-refractivity contribution in [3.8, 4) is 11.1 Å². The van der Waals surface area contributed by atoms with Crippen LogP contribution in [0.25, 0.3) is 11.1 Å². The van der Waals surface area contributed by atoms with Gasteiger partial charge in [0, 0.05) is 44.9 Å². The molecule has 1 N–H and O–H groups in total. The molecule has 1 aliphatic rings. The van der Waals surface area contributed by atoms with Crippen molar-refractivity contribution in [3.63, 3.8) is 0 Å². The van der Waals surface area contributed by atoms with Crippen molar-refractivity contribution in [1.29, 1.82) is 0 Å². The first-order valence-corrected chi connectivity index (χ1v) is 9.40. The SMILES string of the molecule is CC(C)N1CCN(Cc2ccc(-c3ccccc3)cc2)C[C@@H]1CCO. The van der Waals surface area contributed by atoms with Gasteiger partial charge in [-0.2, -0.15) is 0 Å². The summed E-state index contributed by atoms with van der Waals surface area (Å²) in [7, 11) is 0. The smallest absolute Gasteiger partial charge is 0.0446 e. The molecule has 3 rings (SSSR count). The van der Waals surface area contributed by atoms with Gasteiger partial charge in [-0.05, 0) is 37.0 Å². The molecule has 1 heterocycles. The zero-order valence-corrected chi connectivity index (χ0v) is 15.4. The van der Waals surface area contributed by atoms with Gasteiger partial charge in [-0.15, -0.1) is 0 Å². The summed E-state index contributed by atoms with van der Waals surface area (Å²) in [5, 5.41) is 9.39. The first-order valence-electron chi connectivity index (χ1n) is 9.40. The van der Waals surface area contributed by atoms with Crippen LogP contribution in [-0.4, -0.2) is 53.2 Å². The zero-order valence-electron chi connectivity index (χ0n) is 15.4. The van der Waals surface area contributed by atoms with E-state index in [1.807, 2.05) is 0 Å². The van der Waals surface area contributed by atoms with Crippen LogP contribution in [0.15, 0.2) is 54.6 Å². The molecule has 0 aromatic heterocycles. The van der Waals surface area contributed by atoms with Gasteiger partial charge >= 0.3 is 0 Å². The maximum absolute atomic E-state index is 9.39. The molecule has 0 radical (unpaired) electrons. The quantitative estimate of drug-likeness (QED) is 0.871. The Hall–Kier alpha value is -1.68. The third-order valence-corrected chi connectivity index (χ3v) is 5.21. The third-order valence-electron chi connectivity index (χ3n) is 5.21. The molecule has 1 aliphatic heterocycles. The van der Waals surface area contributed by atoms with Crippen molar-refractivity contribution < 1.29 is 5.11 Å². The van der Waals surface area contributed by atoms with Crippen molar-refractivity contribution in [3.05, 3.63) is 60.2 Å². The maximum atomic E-state index is 9.39. The van der Waals surface area contributed by atoms with Crippen LogP contribution in [-0.2, 0) is 6.54 Å². The molecule has 0 aliphatic carbocycles. The van der Waals surface area contributed by atoms with E-state index in [9.17, 15) is 5.11 Å². The second-order valence-electron chi connectivity index (χ2n) is 7.30. The fraction of sp³-hybridized carbons (Fsp3) is 0.455. The fourth-order valence-electron chi connectivity index (χ4n) is 3.85. The van der Waals surface area contributed by atoms with E-state index in [4.69, 9.17) is 0 Å². The Balaban J connectivity index is 1.62. The maximum Gasteiger partial charge on any atom is 0.0446 e. The Kier molecular flexibility index (Phi) is 6.24. The minimum Gasteiger partial charge on any atom is -0.396 e. The summed E-state index contributed by atoms with van der Waals surface area (Å²) in [6.07, 6.45) is 0.863. The van der Waals surface area contributed by atoms with Gasteiger partial charge in [-0.25, -0.2) is 0 Å². The highest BCUT2D eigenvalue weighted by molar-refractivity contribution is 5.63. The number of aliphatic hydroxyl groups excluding tert-OH is 1. The van der Waals surface area contributed by atoms with Gasteiger partial charge in [0.25, 0.3) is 0 Å². The molecule has 1 fully saturated rings. The second-order valence-corrected chi connectivity index (χ2v) is 7.30. The molecule has 0 spiro atoms. The van der Waals surface area contributed by atoms with Crippen LogP contribution in [0, 0.1) is 0 Å². The molecule has 134 valence electrons. The van der Waals surface area contributed by atoms with Crippen LogP contribution in [0.2, 0.25) is 0 Å². The molecular formula is C22H30N2O. The molecule has 0 bridgehead atoms. The lowest BCUT2D eigenvalue weighted by Gasteiger charge is -2.43. The first-order chi connectivity index (χ1) is 12.2.